The van der Waals surface area contributed by atoms with Crippen LogP contribution in [0.15, 0.2) is 59.0 Å². The van der Waals surface area contributed by atoms with E-state index in [1.165, 1.54) is 11.3 Å². The molecule has 0 aliphatic heterocycles. The van der Waals surface area contributed by atoms with Crippen molar-refractivity contribution in [1.82, 2.24) is 0 Å². The maximum Gasteiger partial charge on any atom is 0.310 e. The number of halogens is 1. The van der Waals surface area contributed by atoms with Crippen LogP contribution in [0.4, 0.5) is 0 Å². The molecule has 1 heterocycles. The Labute approximate surface area is 185 Å². The lowest BCUT2D eigenvalue weighted by Gasteiger charge is -2.22. The Hall–Kier alpha value is -2.44. The molecule has 7 heteroatoms. The molecule has 0 bridgehead atoms. The third-order valence-corrected chi connectivity index (χ3v) is 6.56. The van der Waals surface area contributed by atoms with E-state index in [2.05, 4.69) is 5.18 Å². The molecule has 1 aromatic heterocycles. The van der Waals surface area contributed by atoms with E-state index < -0.39 is 6.04 Å². The molecule has 0 saturated carbocycles. The Bertz CT molecular complexity index is 978. The minimum absolute atomic E-state index is 0.0333. The monoisotopic (exact) mass is 445 g/mol. The van der Waals surface area contributed by atoms with Crippen LogP contribution in [-0.2, 0) is 20.7 Å². The number of methoxy groups -OCH3 is 1. The normalized spacial score (nSPS) is 17.0. The van der Waals surface area contributed by atoms with Gasteiger partial charge < -0.3 is 9.47 Å². The smallest absolute Gasteiger partial charge is 0.310 e. The SMILES string of the molecule is CCOC(=O)Cc1cc(C(N=O)C2=CCC(OC)=CC2C)sc1-c1ccc(Cl)cc1. The Balaban J connectivity index is 1.99. The second kappa shape index (κ2) is 10.0. The molecule has 0 amide bonds. The zero-order chi connectivity index (χ0) is 21.7. The first-order chi connectivity index (χ1) is 14.5. The quantitative estimate of drug-likeness (QED) is 0.265. The number of benzene rings is 1. The average molecular weight is 446 g/mol. The van der Waals surface area contributed by atoms with Gasteiger partial charge in [0.25, 0.3) is 0 Å². The Morgan fingerprint density at radius 1 is 1.33 bits per heavy atom. The predicted molar refractivity (Wildman–Crippen MR) is 121 cm³/mol. The molecule has 5 nitrogen and oxygen atoms in total. The number of nitroso groups, excluding NO2 is 1. The summed E-state index contributed by atoms with van der Waals surface area (Å²) in [5.41, 5.74) is 2.70. The van der Waals surface area contributed by atoms with Crippen LogP contribution in [0, 0.1) is 10.8 Å². The maximum atomic E-state index is 12.2. The van der Waals surface area contributed by atoms with Crippen molar-refractivity contribution in [1.29, 1.82) is 0 Å². The summed E-state index contributed by atoms with van der Waals surface area (Å²) >= 11 is 7.51. The van der Waals surface area contributed by atoms with E-state index in [-0.39, 0.29) is 18.3 Å². The minimum Gasteiger partial charge on any atom is -0.501 e. The highest BCUT2D eigenvalue weighted by Gasteiger charge is 2.27. The third kappa shape index (κ3) is 4.99. The van der Waals surface area contributed by atoms with Crippen LogP contribution in [-0.4, -0.2) is 19.7 Å². The minimum atomic E-state index is -0.610. The number of carbonyl (C=O) groups is 1. The van der Waals surface area contributed by atoms with Crippen molar-refractivity contribution < 1.29 is 14.3 Å². The molecule has 2 unspecified atom stereocenters. The molecular weight excluding hydrogens is 422 g/mol. The highest BCUT2D eigenvalue weighted by Crippen LogP contribution is 2.43. The fourth-order valence-electron chi connectivity index (χ4n) is 3.57. The first-order valence-electron chi connectivity index (χ1n) is 9.78. The molecule has 1 aromatic carbocycles. The van der Waals surface area contributed by atoms with Gasteiger partial charge in [-0.1, -0.05) is 41.9 Å². The van der Waals surface area contributed by atoms with Crippen molar-refractivity contribution in [2.45, 2.75) is 32.7 Å². The number of ether oxygens (including phenoxy) is 2. The highest BCUT2D eigenvalue weighted by atomic mass is 35.5. The third-order valence-electron chi connectivity index (χ3n) is 5.03. The van der Waals surface area contributed by atoms with E-state index in [1.807, 2.05) is 49.4 Å². The van der Waals surface area contributed by atoms with Crippen LogP contribution < -0.4 is 0 Å². The van der Waals surface area contributed by atoms with Crippen LogP contribution in [0.3, 0.4) is 0 Å². The lowest BCUT2D eigenvalue weighted by molar-refractivity contribution is -0.142. The maximum absolute atomic E-state index is 12.2. The molecule has 1 aliphatic rings. The van der Waals surface area contributed by atoms with Gasteiger partial charge in [0.15, 0.2) is 0 Å². The largest absolute Gasteiger partial charge is 0.501 e. The summed E-state index contributed by atoms with van der Waals surface area (Å²) in [5.74, 6) is 0.614. The Morgan fingerprint density at radius 2 is 2.07 bits per heavy atom. The topological polar surface area (TPSA) is 65.0 Å². The fraction of sp³-hybridized carbons (Fsp3) is 0.348. The zero-order valence-electron chi connectivity index (χ0n) is 17.2. The number of hydrogen-bond donors (Lipinski definition) is 0. The second-order valence-corrected chi connectivity index (χ2v) is 8.55. The number of esters is 1. The van der Waals surface area contributed by atoms with Crippen LogP contribution >= 0.6 is 22.9 Å². The van der Waals surface area contributed by atoms with Gasteiger partial charge >= 0.3 is 5.97 Å². The summed E-state index contributed by atoms with van der Waals surface area (Å²) in [5, 5.41) is 4.08. The van der Waals surface area contributed by atoms with Crippen molar-refractivity contribution in [3.63, 3.8) is 0 Å². The van der Waals surface area contributed by atoms with Crippen LogP contribution in [0.1, 0.15) is 36.8 Å². The van der Waals surface area contributed by atoms with Crippen LogP contribution in [0.2, 0.25) is 5.02 Å². The van der Waals surface area contributed by atoms with E-state index in [0.717, 1.165) is 32.2 Å². The first-order valence-corrected chi connectivity index (χ1v) is 11.0. The molecule has 0 fully saturated rings. The molecule has 30 heavy (non-hydrogen) atoms. The van der Waals surface area contributed by atoms with Gasteiger partial charge in [-0.15, -0.1) is 16.2 Å². The second-order valence-electron chi connectivity index (χ2n) is 7.03. The number of carbonyl (C=O) groups excluding carboxylic acids is 1. The molecule has 2 atom stereocenters. The molecule has 0 N–H and O–H groups in total. The van der Waals surface area contributed by atoms with E-state index in [4.69, 9.17) is 21.1 Å². The number of allylic oxidation sites excluding steroid dienone is 2. The van der Waals surface area contributed by atoms with E-state index in [9.17, 15) is 9.70 Å². The summed E-state index contributed by atoms with van der Waals surface area (Å²) in [4.78, 5) is 25.8. The molecule has 3 rings (SSSR count). The Morgan fingerprint density at radius 3 is 2.67 bits per heavy atom. The van der Waals surface area contributed by atoms with E-state index >= 15 is 0 Å². The van der Waals surface area contributed by atoms with Crippen LogP contribution in [0.5, 0.6) is 0 Å². The number of thiophene rings is 1. The summed E-state index contributed by atoms with van der Waals surface area (Å²) in [6.45, 7) is 4.13. The summed E-state index contributed by atoms with van der Waals surface area (Å²) in [6, 6.07) is 8.73. The van der Waals surface area contributed by atoms with Gasteiger partial charge in [-0.25, -0.2) is 0 Å². The van der Waals surface area contributed by atoms with E-state index in [1.54, 1.807) is 14.0 Å². The summed E-state index contributed by atoms with van der Waals surface area (Å²) < 4.78 is 10.5. The van der Waals surface area contributed by atoms with Crippen molar-refractivity contribution >= 4 is 28.9 Å². The van der Waals surface area contributed by atoms with Gasteiger partial charge in [0, 0.05) is 27.1 Å². The standard InChI is InChI=1S/C23H24ClNO4S/c1-4-29-21(26)13-16-12-20(30-23(16)15-5-7-17(24)8-6-15)22(25-27)19-10-9-18(28-3)11-14(19)2/h5-8,10-12,14,22H,4,9,13H2,1-3H3. The molecule has 0 saturated heterocycles. The van der Waals surface area contributed by atoms with Crippen molar-refractivity contribution in [2.75, 3.05) is 13.7 Å². The number of nitrogens with zero attached hydrogens (tertiary/aromatic N) is 1. The number of hydrogen-bond acceptors (Lipinski definition) is 6. The Kier molecular flexibility index (Phi) is 7.45. The average Bonchev–Trinajstić information content (AvgIpc) is 3.13. The van der Waals surface area contributed by atoms with Gasteiger partial charge in [0.05, 0.1) is 25.9 Å². The highest BCUT2D eigenvalue weighted by molar-refractivity contribution is 7.15. The van der Waals surface area contributed by atoms with Crippen LogP contribution in [0.25, 0.3) is 10.4 Å². The van der Waals surface area contributed by atoms with Gasteiger partial charge in [-0.3, -0.25) is 4.79 Å². The van der Waals surface area contributed by atoms with Gasteiger partial charge in [-0.05, 0) is 47.9 Å². The van der Waals surface area contributed by atoms with Crippen molar-refractivity contribution in [3.05, 3.63) is 74.2 Å². The molecule has 2 aromatic rings. The van der Waals surface area contributed by atoms with Crippen molar-refractivity contribution in [2.24, 2.45) is 11.1 Å². The lowest BCUT2D eigenvalue weighted by atomic mass is 9.88. The molecule has 0 spiro atoms. The first kappa shape index (κ1) is 22.2. The van der Waals surface area contributed by atoms with E-state index in [0.29, 0.717) is 18.1 Å². The molecule has 1 aliphatic carbocycles. The zero-order valence-corrected chi connectivity index (χ0v) is 18.8. The summed E-state index contributed by atoms with van der Waals surface area (Å²) in [7, 11) is 1.65. The van der Waals surface area contributed by atoms with Crippen molar-refractivity contribution in [3.8, 4) is 10.4 Å². The van der Waals surface area contributed by atoms with Gasteiger partial charge in [0.1, 0.15) is 6.04 Å². The van der Waals surface area contributed by atoms with Gasteiger partial charge in [0.2, 0.25) is 0 Å². The molecule has 158 valence electrons. The lowest BCUT2D eigenvalue weighted by Crippen LogP contribution is -2.10. The fourth-order valence-corrected chi connectivity index (χ4v) is 4.94. The molecule has 0 radical (unpaired) electrons. The van der Waals surface area contributed by atoms with Gasteiger partial charge in [-0.2, -0.15) is 0 Å². The molecular formula is C23H24ClNO4S. The summed E-state index contributed by atoms with van der Waals surface area (Å²) in [6.07, 6.45) is 4.80. The number of rotatable bonds is 8. The predicted octanol–water partition coefficient (Wildman–Crippen LogP) is 6.48.